The number of hydrogen-bond donors (Lipinski definition) is 2. The molecule has 3 N–H and O–H groups in total. The molecular weight excluding hydrogens is 328 g/mol. The topological polar surface area (TPSA) is 99.4 Å². The highest BCUT2D eigenvalue weighted by Crippen LogP contribution is 2.35. The number of anilines is 2. The Morgan fingerprint density at radius 3 is 2.96 bits per heavy atom. The molecule has 7 nitrogen and oxygen atoms in total. The van der Waals surface area contributed by atoms with Crippen LogP contribution in [0.25, 0.3) is 10.2 Å². The summed E-state index contributed by atoms with van der Waals surface area (Å²) in [6, 6.07) is 7.24. The van der Waals surface area contributed by atoms with E-state index in [2.05, 4.69) is 15.3 Å². The van der Waals surface area contributed by atoms with E-state index < -0.39 is 0 Å². The highest BCUT2D eigenvalue weighted by Gasteiger charge is 2.11. The number of carbonyl (C=O) groups is 1. The number of carbonyl (C=O) groups excluding carboxylic acids is 1. The van der Waals surface area contributed by atoms with Crippen molar-refractivity contribution in [3.8, 4) is 11.5 Å². The monoisotopic (exact) mass is 344 g/mol. The van der Waals surface area contributed by atoms with E-state index in [0.717, 1.165) is 15.8 Å². The second-order valence-corrected chi connectivity index (χ2v) is 6.11. The van der Waals surface area contributed by atoms with Gasteiger partial charge in [-0.3, -0.25) is 4.79 Å². The van der Waals surface area contributed by atoms with Gasteiger partial charge in [0.05, 0.1) is 11.8 Å². The minimum Gasteiger partial charge on any atom is -0.494 e. The lowest BCUT2D eigenvalue weighted by molar-refractivity contribution is -0.114. The molecular formula is C16H16N4O3S. The molecule has 0 radical (unpaired) electrons. The standard InChI is InChI=1S/C16H16N4O3S/c1-9(21)19-14-5-10(3-4-18-14)8-23-11-6-12(22-2)15-13(7-11)24-16(17)20-15/h3-7H,8H2,1-2H3,(H2,17,20)(H,18,19,21). The van der Waals surface area contributed by atoms with Gasteiger partial charge < -0.3 is 20.5 Å². The van der Waals surface area contributed by atoms with E-state index in [-0.39, 0.29) is 5.91 Å². The van der Waals surface area contributed by atoms with Gasteiger partial charge in [-0.2, -0.15) is 0 Å². The van der Waals surface area contributed by atoms with Gasteiger partial charge in [-0.05, 0) is 23.8 Å². The highest BCUT2D eigenvalue weighted by atomic mass is 32.1. The minimum absolute atomic E-state index is 0.168. The number of nitrogen functional groups attached to an aromatic ring is 1. The molecule has 0 spiro atoms. The Kier molecular flexibility index (Phi) is 4.48. The molecule has 2 heterocycles. The fourth-order valence-corrected chi connectivity index (χ4v) is 2.99. The van der Waals surface area contributed by atoms with Gasteiger partial charge in [0.2, 0.25) is 5.91 Å². The number of thiazole rings is 1. The summed E-state index contributed by atoms with van der Waals surface area (Å²) in [4.78, 5) is 19.4. The second kappa shape index (κ2) is 6.71. The number of methoxy groups -OCH3 is 1. The first-order chi connectivity index (χ1) is 11.5. The fourth-order valence-electron chi connectivity index (χ4n) is 2.21. The lowest BCUT2D eigenvalue weighted by Gasteiger charge is -2.09. The van der Waals surface area contributed by atoms with Crippen LogP contribution in [0.4, 0.5) is 10.9 Å². The molecule has 0 aliphatic rings. The molecule has 3 rings (SSSR count). The third kappa shape index (κ3) is 3.54. The lowest BCUT2D eigenvalue weighted by atomic mass is 10.2. The Balaban J connectivity index is 1.79. The summed E-state index contributed by atoms with van der Waals surface area (Å²) in [5.74, 6) is 1.59. The number of aromatic nitrogens is 2. The molecule has 2 aromatic heterocycles. The molecule has 24 heavy (non-hydrogen) atoms. The van der Waals surface area contributed by atoms with E-state index in [0.29, 0.717) is 29.1 Å². The number of pyridine rings is 1. The van der Waals surface area contributed by atoms with E-state index in [9.17, 15) is 4.79 Å². The Labute approximate surface area is 142 Å². The molecule has 124 valence electrons. The molecule has 0 saturated heterocycles. The van der Waals surface area contributed by atoms with Gasteiger partial charge in [0, 0.05) is 19.2 Å². The average Bonchev–Trinajstić information content (AvgIpc) is 2.92. The Hall–Kier alpha value is -2.87. The molecule has 1 aromatic carbocycles. The zero-order valence-corrected chi connectivity index (χ0v) is 14.0. The van der Waals surface area contributed by atoms with Crippen LogP contribution in [0.15, 0.2) is 30.5 Å². The normalized spacial score (nSPS) is 10.6. The molecule has 3 aromatic rings. The van der Waals surface area contributed by atoms with E-state index in [1.165, 1.54) is 18.3 Å². The van der Waals surface area contributed by atoms with Crippen LogP contribution < -0.4 is 20.5 Å². The van der Waals surface area contributed by atoms with Crippen molar-refractivity contribution >= 4 is 38.4 Å². The maximum absolute atomic E-state index is 11.1. The first-order valence-electron chi connectivity index (χ1n) is 7.14. The maximum Gasteiger partial charge on any atom is 0.222 e. The Morgan fingerprint density at radius 1 is 1.38 bits per heavy atom. The van der Waals surface area contributed by atoms with Gasteiger partial charge in [-0.15, -0.1) is 0 Å². The number of ether oxygens (including phenoxy) is 2. The van der Waals surface area contributed by atoms with Crippen molar-refractivity contribution in [3.63, 3.8) is 0 Å². The van der Waals surface area contributed by atoms with Crippen molar-refractivity contribution in [2.45, 2.75) is 13.5 Å². The predicted octanol–water partition coefficient (Wildman–Crippen LogP) is 2.82. The largest absolute Gasteiger partial charge is 0.494 e. The molecule has 0 fully saturated rings. The minimum atomic E-state index is -0.168. The van der Waals surface area contributed by atoms with Crippen molar-refractivity contribution in [1.82, 2.24) is 9.97 Å². The van der Waals surface area contributed by atoms with Gasteiger partial charge in [0.15, 0.2) is 5.13 Å². The van der Waals surface area contributed by atoms with Crippen LogP contribution in [-0.4, -0.2) is 23.0 Å². The van der Waals surface area contributed by atoms with Gasteiger partial charge in [0.1, 0.15) is 29.4 Å². The Bertz CT molecular complexity index is 894. The molecule has 0 saturated carbocycles. The quantitative estimate of drug-likeness (QED) is 0.738. The van der Waals surface area contributed by atoms with Gasteiger partial charge >= 0.3 is 0 Å². The third-order valence-corrected chi connectivity index (χ3v) is 4.04. The van der Waals surface area contributed by atoms with Crippen LogP contribution in [0, 0.1) is 0 Å². The summed E-state index contributed by atoms with van der Waals surface area (Å²) in [5.41, 5.74) is 7.37. The van der Waals surface area contributed by atoms with Crippen LogP contribution >= 0.6 is 11.3 Å². The number of nitrogens with zero attached hydrogens (tertiary/aromatic N) is 2. The average molecular weight is 344 g/mol. The number of fused-ring (bicyclic) bond motifs is 1. The summed E-state index contributed by atoms with van der Waals surface area (Å²) >= 11 is 1.38. The predicted molar refractivity (Wildman–Crippen MR) is 93.5 cm³/mol. The van der Waals surface area contributed by atoms with Crippen molar-refractivity contribution in [3.05, 3.63) is 36.0 Å². The number of hydrogen-bond acceptors (Lipinski definition) is 7. The van der Waals surface area contributed by atoms with E-state index >= 15 is 0 Å². The third-order valence-electron chi connectivity index (χ3n) is 3.20. The smallest absolute Gasteiger partial charge is 0.222 e. The van der Waals surface area contributed by atoms with Crippen LogP contribution in [0.3, 0.4) is 0 Å². The van der Waals surface area contributed by atoms with E-state index in [1.807, 2.05) is 12.1 Å². The number of nitrogens with two attached hydrogens (primary N) is 1. The fraction of sp³-hybridized carbons (Fsp3) is 0.188. The zero-order valence-electron chi connectivity index (χ0n) is 13.2. The number of amides is 1. The van der Waals surface area contributed by atoms with E-state index in [1.54, 1.807) is 25.4 Å². The van der Waals surface area contributed by atoms with Gasteiger partial charge in [-0.1, -0.05) is 11.3 Å². The number of nitrogens with one attached hydrogen (secondary N) is 1. The second-order valence-electron chi connectivity index (χ2n) is 5.04. The van der Waals surface area contributed by atoms with Crippen molar-refractivity contribution in [2.75, 3.05) is 18.2 Å². The molecule has 0 aliphatic heterocycles. The Morgan fingerprint density at radius 2 is 2.21 bits per heavy atom. The molecule has 1 amide bonds. The molecule has 0 atom stereocenters. The molecule has 8 heteroatoms. The van der Waals surface area contributed by atoms with Gasteiger partial charge in [-0.25, -0.2) is 9.97 Å². The summed E-state index contributed by atoms with van der Waals surface area (Å²) in [5, 5.41) is 3.12. The van der Waals surface area contributed by atoms with Crippen LogP contribution in [0.2, 0.25) is 0 Å². The summed E-state index contributed by atoms with van der Waals surface area (Å²) in [7, 11) is 1.58. The molecule has 0 aliphatic carbocycles. The number of benzene rings is 1. The number of rotatable bonds is 5. The zero-order chi connectivity index (χ0) is 17.1. The van der Waals surface area contributed by atoms with Crippen LogP contribution in [-0.2, 0) is 11.4 Å². The van der Waals surface area contributed by atoms with Crippen molar-refractivity contribution in [1.29, 1.82) is 0 Å². The SMILES string of the molecule is COc1cc(OCc2ccnc(NC(C)=O)c2)cc2sc(N)nc12. The highest BCUT2D eigenvalue weighted by molar-refractivity contribution is 7.22. The molecule has 0 unspecified atom stereocenters. The van der Waals surface area contributed by atoms with Crippen molar-refractivity contribution in [2.24, 2.45) is 0 Å². The van der Waals surface area contributed by atoms with Crippen molar-refractivity contribution < 1.29 is 14.3 Å². The maximum atomic E-state index is 11.1. The summed E-state index contributed by atoms with van der Waals surface area (Å²) in [6.45, 7) is 1.77. The van der Waals surface area contributed by atoms with Crippen LogP contribution in [0.5, 0.6) is 11.5 Å². The summed E-state index contributed by atoms with van der Waals surface area (Å²) < 4.78 is 12.1. The first kappa shape index (κ1) is 16.0. The van der Waals surface area contributed by atoms with Gasteiger partial charge in [0.25, 0.3) is 0 Å². The molecule has 0 bridgehead atoms. The van der Waals surface area contributed by atoms with Crippen LogP contribution in [0.1, 0.15) is 12.5 Å². The lowest BCUT2D eigenvalue weighted by Crippen LogP contribution is -2.08. The first-order valence-corrected chi connectivity index (χ1v) is 7.96. The van der Waals surface area contributed by atoms with E-state index in [4.69, 9.17) is 15.2 Å². The summed E-state index contributed by atoms with van der Waals surface area (Å²) in [6.07, 6.45) is 1.62.